The van der Waals surface area contributed by atoms with E-state index in [0.29, 0.717) is 6.61 Å². The van der Waals surface area contributed by atoms with E-state index in [1.54, 1.807) is 0 Å². The number of likely N-dealkylation sites (tertiary alicyclic amines) is 1. The molecule has 1 fully saturated rings. The molecule has 19 heavy (non-hydrogen) atoms. The first-order chi connectivity index (χ1) is 9.21. The van der Waals surface area contributed by atoms with E-state index in [1.165, 1.54) is 6.42 Å². The van der Waals surface area contributed by atoms with Crippen LogP contribution in [0.4, 0.5) is 0 Å². The molecular weight excluding hydrogens is 238 g/mol. The van der Waals surface area contributed by atoms with Gasteiger partial charge in [0.25, 0.3) is 0 Å². The Balaban J connectivity index is 1.96. The van der Waals surface area contributed by atoms with Gasteiger partial charge in [-0.15, -0.1) is 0 Å². The molecule has 0 radical (unpaired) electrons. The molecule has 2 rings (SSSR count). The van der Waals surface area contributed by atoms with Gasteiger partial charge in [-0.1, -0.05) is 13.3 Å². The number of aromatic nitrogens is 2. The van der Waals surface area contributed by atoms with E-state index in [-0.39, 0.29) is 5.41 Å². The molecule has 1 aliphatic rings. The van der Waals surface area contributed by atoms with Crippen LogP contribution >= 0.6 is 0 Å². The van der Waals surface area contributed by atoms with Crippen molar-refractivity contribution in [3.63, 3.8) is 0 Å². The third-order valence-corrected chi connectivity index (χ3v) is 4.26. The summed E-state index contributed by atoms with van der Waals surface area (Å²) in [7, 11) is 0. The van der Waals surface area contributed by atoms with Crippen molar-refractivity contribution in [1.82, 2.24) is 14.7 Å². The monoisotopic (exact) mass is 265 g/mol. The summed E-state index contributed by atoms with van der Waals surface area (Å²) in [6, 6.07) is 2.11. The fourth-order valence-corrected chi connectivity index (χ4v) is 3.28. The van der Waals surface area contributed by atoms with Gasteiger partial charge in [-0.3, -0.25) is 9.58 Å². The average Bonchev–Trinajstić information content (AvgIpc) is 2.87. The maximum Gasteiger partial charge on any atom is 0.0764 e. The Bertz CT molecular complexity index is 386. The molecular formula is C15H27N3O. The second kappa shape index (κ2) is 6.53. The number of nitrogens with zero attached hydrogens (tertiary/aromatic N) is 3. The van der Waals surface area contributed by atoms with Gasteiger partial charge in [0.2, 0.25) is 0 Å². The smallest absolute Gasteiger partial charge is 0.0764 e. The third kappa shape index (κ3) is 3.57. The van der Waals surface area contributed by atoms with E-state index in [1.807, 2.05) is 10.9 Å². The normalized spacial score (nSPS) is 24.8. The number of hydrogen-bond acceptors (Lipinski definition) is 3. The fourth-order valence-electron chi connectivity index (χ4n) is 3.28. The standard InChI is InChI=1S/C15H27N3O/c1-3-7-15(13-19)8-5-9-17(12-15)11-14-6-10-18(4-2)16-14/h6,10,19H,3-5,7-9,11-13H2,1-2H3/t15-/m1/s1. The SMILES string of the molecule is CCC[C@@]1(CO)CCCN(Cc2ccn(CC)n2)C1. The largest absolute Gasteiger partial charge is 0.396 e. The molecule has 2 heterocycles. The Labute approximate surface area is 116 Å². The van der Waals surface area contributed by atoms with Crippen molar-refractivity contribution in [2.75, 3.05) is 19.7 Å². The lowest BCUT2D eigenvalue weighted by Gasteiger charge is -2.41. The minimum Gasteiger partial charge on any atom is -0.396 e. The predicted molar refractivity (Wildman–Crippen MR) is 76.8 cm³/mol. The topological polar surface area (TPSA) is 41.3 Å². The lowest BCUT2D eigenvalue weighted by atomic mass is 9.77. The molecule has 1 aliphatic heterocycles. The molecule has 0 aromatic carbocycles. The highest BCUT2D eigenvalue weighted by atomic mass is 16.3. The molecule has 1 aromatic heterocycles. The van der Waals surface area contributed by atoms with E-state index < -0.39 is 0 Å². The van der Waals surface area contributed by atoms with E-state index in [9.17, 15) is 5.11 Å². The Morgan fingerprint density at radius 3 is 2.89 bits per heavy atom. The highest BCUT2D eigenvalue weighted by molar-refractivity contribution is 5.00. The van der Waals surface area contributed by atoms with Crippen LogP contribution in [0.25, 0.3) is 0 Å². The van der Waals surface area contributed by atoms with Crippen molar-refractivity contribution in [1.29, 1.82) is 0 Å². The van der Waals surface area contributed by atoms with Gasteiger partial charge in [0.05, 0.1) is 5.69 Å². The van der Waals surface area contributed by atoms with Gasteiger partial charge in [0.1, 0.15) is 0 Å². The molecule has 0 spiro atoms. The van der Waals surface area contributed by atoms with E-state index in [4.69, 9.17) is 0 Å². The van der Waals surface area contributed by atoms with Gasteiger partial charge in [-0.25, -0.2) is 0 Å². The Morgan fingerprint density at radius 1 is 1.42 bits per heavy atom. The van der Waals surface area contributed by atoms with Crippen molar-refractivity contribution >= 4 is 0 Å². The third-order valence-electron chi connectivity index (χ3n) is 4.26. The van der Waals surface area contributed by atoms with E-state index in [2.05, 4.69) is 29.9 Å². The zero-order valence-corrected chi connectivity index (χ0v) is 12.3. The number of rotatable bonds is 6. The summed E-state index contributed by atoms with van der Waals surface area (Å²) < 4.78 is 1.98. The van der Waals surface area contributed by atoms with Crippen LogP contribution < -0.4 is 0 Å². The molecule has 0 amide bonds. The molecule has 1 aromatic rings. The molecule has 1 N–H and O–H groups in total. The van der Waals surface area contributed by atoms with E-state index in [0.717, 1.165) is 51.1 Å². The molecule has 108 valence electrons. The average molecular weight is 265 g/mol. The number of aryl methyl sites for hydroxylation is 1. The van der Waals surface area contributed by atoms with E-state index >= 15 is 0 Å². The van der Waals surface area contributed by atoms with Crippen molar-refractivity contribution in [3.8, 4) is 0 Å². The van der Waals surface area contributed by atoms with Gasteiger partial charge < -0.3 is 5.11 Å². The number of aliphatic hydroxyl groups excluding tert-OH is 1. The summed E-state index contributed by atoms with van der Waals surface area (Å²) in [5, 5.41) is 14.3. The van der Waals surface area contributed by atoms with Crippen LogP contribution in [0.1, 0.15) is 45.2 Å². The lowest BCUT2D eigenvalue weighted by Crippen LogP contribution is -2.45. The quantitative estimate of drug-likeness (QED) is 0.858. The molecule has 0 bridgehead atoms. The molecule has 4 heteroatoms. The predicted octanol–water partition coefficient (Wildman–Crippen LogP) is 2.28. The lowest BCUT2D eigenvalue weighted by molar-refractivity contribution is 0.0211. The molecule has 4 nitrogen and oxygen atoms in total. The molecule has 0 unspecified atom stereocenters. The second-order valence-corrected chi connectivity index (χ2v) is 5.89. The van der Waals surface area contributed by atoms with Crippen LogP contribution in [0.2, 0.25) is 0 Å². The van der Waals surface area contributed by atoms with Crippen molar-refractivity contribution in [3.05, 3.63) is 18.0 Å². The number of piperidine rings is 1. The second-order valence-electron chi connectivity index (χ2n) is 5.89. The van der Waals surface area contributed by atoms with Gasteiger partial charge in [-0.2, -0.15) is 5.10 Å². The van der Waals surface area contributed by atoms with Crippen LogP contribution in [-0.4, -0.2) is 39.5 Å². The van der Waals surface area contributed by atoms with Crippen LogP contribution in [0.5, 0.6) is 0 Å². The number of aliphatic hydroxyl groups is 1. The Hall–Kier alpha value is -0.870. The fraction of sp³-hybridized carbons (Fsp3) is 0.800. The molecule has 1 atom stereocenters. The maximum absolute atomic E-state index is 9.75. The van der Waals surface area contributed by atoms with Crippen molar-refractivity contribution < 1.29 is 5.11 Å². The van der Waals surface area contributed by atoms with Gasteiger partial charge in [-0.05, 0) is 38.8 Å². The number of hydrogen-bond donors (Lipinski definition) is 1. The summed E-state index contributed by atoms with van der Waals surface area (Å²) >= 11 is 0. The summed E-state index contributed by atoms with van der Waals surface area (Å²) in [5.41, 5.74) is 1.27. The van der Waals surface area contributed by atoms with Crippen LogP contribution in [-0.2, 0) is 13.1 Å². The molecule has 0 aliphatic carbocycles. The summed E-state index contributed by atoms with van der Waals surface area (Å²) in [6.07, 6.45) is 6.68. The zero-order valence-electron chi connectivity index (χ0n) is 12.3. The molecule has 0 saturated carbocycles. The first-order valence-electron chi connectivity index (χ1n) is 7.57. The van der Waals surface area contributed by atoms with Crippen LogP contribution in [0.15, 0.2) is 12.3 Å². The van der Waals surface area contributed by atoms with Crippen LogP contribution in [0.3, 0.4) is 0 Å². The minimum absolute atomic E-state index is 0.125. The summed E-state index contributed by atoms with van der Waals surface area (Å²) in [5.74, 6) is 0. The summed E-state index contributed by atoms with van der Waals surface area (Å²) in [6.45, 7) is 8.62. The van der Waals surface area contributed by atoms with Gasteiger partial charge in [0, 0.05) is 37.9 Å². The van der Waals surface area contributed by atoms with Crippen molar-refractivity contribution in [2.24, 2.45) is 5.41 Å². The summed E-state index contributed by atoms with van der Waals surface area (Å²) in [4.78, 5) is 2.46. The van der Waals surface area contributed by atoms with Gasteiger partial charge >= 0.3 is 0 Å². The van der Waals surface area contributed by atoms with Gasteiger partial charge in [0.15, 0.2) is 0 Å². The first-order valence-corrected chi connectivity index (χ1v) is 7.57. The van der Waals surface area contributed by atoms with Crippen LogP contribution in [0, 0.1) is 5.41 Å². The Kier molecular flexibility index (Phi) is 4.99. The first kappa shape index (κ1) is 14.5. The maximum atomic E-state index is 9.75. The highest BCUT2D eigenvalue weighted by Crippen LogP contribution is 2.34. The molecule has 1 saturated heterocycles. The minimum atomic E-state index is 0.125. The highest BCUT2D eigenvalue weighted by Gasteiger charge is 2.34. The zero-order chi connectivity index (χ0) is 13.7. The Morgan fingerprint density at radius 2 is 2.26 bits per heavy atom. The van der Waals surface area contributed by atoms with Crippen molar-refractivity contribution in [2.45, 2.75) is 52.6 Å².